The smallest absolute Gasteiger partial charge is 0.393 e. The van der Waals surface area contributed by atoms with E-state index in [9.17, 15) is 0 Å². The molecule has 0 aromatic carbocycles. The molecule has 1 N–H and O–H groups in total. The molecule has 0 atom stereocenters. The number of rotatable bonds is 8. The first-order valence-corrected chi connectivity index (χ1v) is 5.58. The number of hydrogen-bond acceptors (Lipinski definition) is 4. The number of aromatic nitrogens is 1. The molecule has 4 nitrogen and oxygen atoms in total. The second-order valence-corrected chi connectivity index (χ2v) is 3.54. The minimum Gasteiger partial charge on any atom is -0.450 e. The molecule has 0 aliphatic carbocycles. The second-order valence-electron chi connectivity index (χ2n) is 3.54. The Morgan fingerprint density at radius 3 is 3.00 bits per heavy atom. The number of oxazole rings is 1. The summed E-state index contributed by atoms with van der Waals surface area (Å²) in [5.41, 5.74) is 0.876. The van der Waals surface area contributed by atoms with Crippen LogP contribution in [0.1, 0.15) is 38.3 Å². The van der Waals surface area contributed by atoms with Gasteiger partial charge in [-0.15, -0.1) is 0 Å². The van der Waals surface area contributed by atoms with Gasteiger partial charge in [0, 0.05) is 6.54 Å². The Kier molecular flexibility index (Phi) is 5.85. The topological polar surface area (TPSA) is 47.3 Å². The molecular formula is C11H20N2O2. The fraction of sp³-hybridized carbons (Fsp3) is 0.727. The van der Waals surface area contributed by atoms with Crippen LogP contribution in [0.3, 0.4) is 0 Å². The van der Waals surface area contributed by atoms with Crippen LogP contribution in [0.5, 0.6) is 6.08 Å². The number of nitrogens with one attached hydrogen (secondary N) is 1. The molecule has 0 amide bonds. The lowest BCUT2D eigenvalue weighted by Crippen LogP contribution is -2.05. The first kappa shape index (κ1) is 12.0. The number of nitrogens with zero attached hydrogens (tertiary/aromatic N) is 1. The van der Waals surface area contributed by atoms with E-state index in [1.54, 1.807) is 6.26 Å². The molecule has 1 rings (SSSR count). The van der Waals surface area contributed by atoms with Crippen molar-refractivity contribution >= 4 is 0 Å². The fourth-order valence-corrected chi connectivity index (χ4v) is 1.31. The van der Waals surface area contributed by atoms with E-state index in [1.165, 1.54) is 19.3 Å². The summed E-state index contributed by atoms with van der Waals surface area (Å²) in [6.07, 6.45) is 6.79. The van der Waals surface area contributed by atoms with Crippen molar-refractivity contribution in [3.63, 3.8) is 0 Å². The molecule has 0 radical (unpaired) electrons. The van der Waals surface area contributed by atoms with Crippen molar-refractivity contribution in [3.8, 4) is 6.08 Å². The van der Waals surface area contributed by atoms with Gasteiger partial charge in [-0.3, -0.25) is 0 Å². The maximum atomic E-state index is 5.37. The first-order chi connectivity index (χ1) is 7.36. The summed E-state index contributed by atoms with van der Waals surface area (Å²) >= 11 is 0. The zero-order valence-electron chi connectivity index (χ0n) is 9.58. The van der Waals surface area contributed by atoms with Crippen LogP contribution in [0, 0.1) is 0 Å². The summed E-state index contributed by atoms with van der Waals surface area (Å²) in [7, 11) is 1.87. The molecule has 1 aromatic rings. The summed E-state index contributed by atoms with van der Waals surface area (Å²) in [6, 6.07) is 0. The highest BCUT2D eigenvalue weighted by Gasteiger charge is 2.03. The lowest BCUT2D eigenvalue weighted by molar-refractivity contribution is 0.224. The molecule has 1 aromatic heterocycles. The maximum Gasteiger partial charge on any atom is 0.393 e. The van der Waals surface area contributed by atoms with Crippen molar-refractivity contribution in [2.24, 2.45) is 0 Å². The van der Waals surface area contributed by atoms with Crippen molar-refractivity contribution in [2.45, 2.75) is 39.2 Å². The van der Waals surface area contributed by atoms with E-state index in [0.717, 1.165) is 12.1 Å². The van der Waals surface area contributed by atoms with Crippen LogP contribution in [0.4, 0.5) is 0 Å². The summed E-state index contributed by atoms with van der Waals surface area (Å²) in [5, 5.41) is 3.00. The van der Waals surface area contributed by atoms with Crippen LogP contribution in [-0.4, -0.2) is 18.6 Å². The molecule has 0 aliphatic heterocycles. The van der Waals surface area contributed by atoms with Gasteiger partial charge in [-0.25, -0.2) is 0 Å². The molecule has 0 saturated carbocycles. The molecule has 0 spiro atoms. The lowest BCUT2D eigenvalue weighted by atomic mass is 10.2. The van der Waals surface area contributed by atoms with Crippen LogP contribution < -0.4 is 10.1 Å². The van der Waals surface area contributed by atoms with E-state index < -0.39 is 0 Å². The molecule has 0 bridgehead atoms. The third-order valence-corrected chi connectivity index (χ3v) is 2.11. The highest BCUT2D eigenvalue weighted by molar-refractivity contribution is 4.99. The summed E-state index contributed by atoms with van der Waals surface area (Å²) in [4.78, 5) is 4.17. The van der Waals surface area contributed by atoms with E-state index >= 15 is 0 Å². The van der Waals surface area contributed by atoms with Crippen molar-refractivity contribution < 1.29 is 9.15 Å². The first-order valence-electron chi connectivity index (χ1n) is 5.58. The fourth-order valence-electron chi connectivity index (χ4n) is 1.31. The van der Waals surface area contributed by atoms with Crippen molar-refractivity contribution in [1.82, 2.24) is 10.3 Å². The number of ether oxygens (including phenoxy) is 1. The summed E-state index contributed by atoms with van der Waals surface area (Å²) < 4.78 is 10.5. The van der Waals surface area contributed by atoms with E-state index in [0.29, 0.717) is 19.2 Å². The highest BCUT2D eigenvalue weighted by atomic mass is 16.6. The molecule has 0 fully saturated rings. The summed E-state index contributed by atoms with van der Waals surface area (Å²) in [6.45, 7) is 3.60. The van der Waals surface area contributed by atoms with Gasteiger partial charge in [0.2, 0.25) is 0 Å². The van der Waals surface area contributed by atoms with Crippen LogP contribution in [0.15, 0.2) is 10.7 Å². The Labute approximate surface area is 91.0 Å². The molecular weight excluding hydrogens is 192 g/mol. The number of unbranched alkanes of at least 4 members (excludes halogenated alkanes) is 3. The molecule has 86 valence electrons. The zero-order valence-corrected chi connectivity index (χ0v) is 9.58. The van der Waals surface area contributed by atoms with E-state index in [4.69, 9.17) is 9.15 Å². The zero-order chi connectivity index (χ0) is 10.9. The predicted octanol–water partition coefficient (Wildman–Crippen LogP) is 2.35. The van der Waals surface area contributed by atoms with Crippen molar-refractivity contribution in [1.29, 1.82) is 0 Å². The van der Waals surface area contributed by atoms with Gasteiger partial charge in [0.25, 0.3) is 0 Å². The second kappa shape index (κ2) is 7.29. The van der Waals surface area contributed by atoms with Gasteiger partial charge in [-0.2, -0.15) is 4.98 Å². The average Bonchev–Trinajstić information content (AvgIpc) is 2.66. The van der Waals surface area contributed by atoms with Gasteiger partial charge in [-0.05, 0) is 13.5 Å². The van der Waals surface area contributed by atoms with Crippen LogP contribution in [0.25, 0.3) is 0 Å². The summed E-state index contributed by atoms with van der Waals surface area (Å²) in [5.74, 6) is 0. The standard InChI is InChI=1S/C11H20N2O2/c1-3-4-5-6-7-14-11-13-10(8-12-2)9-15-11/h9,12H,3-8H2,1-2H3. The van der Waals surface area contributed by atoms with Crippen molar-refractivity contribution in [2.75, 3.05) is 13.7 Å². The third kappa shape index (κ3) is 4.83. The Morgan fingerprint density at radius 1 is 1.40 bits per heavy atom. The Hall–Kier alpha value is -1.03. The third-order valence-electron chi connectivity index (χ3n) is 2.11. The Balaban J connectivity index is 2.14. The predicted molar refractivity (Wildman–Crippen MR) is 58.9 cm³/mol. The molecule has 15 heavy (non-hydrogen) atoms. The number of hydrogen-bond donors (Lipinski definition) is 1. The normalized spacial score (nSPS) is 10.5. The van der Waals surface area contributed by atoms with Gasteiger partial charge in [0.1, 0.15) is 6.26 Å². The van der Waals surface area contributed by atoms with E-state index in [-0.39, 0.29) is 0 Å². The van der Waals surface area contributed by atoms with Crippen LogP contribution in [0.2, 0.25) is 0 Å². The van der Waals surface area contributed by atoms with Gasteiger partial charge < -0.3 is 14.5 Å². The molecule has 0 unspecified atom stereocenters. The molecule has 0 aliphatic rings. The van der Waals surface area contributed by atoms with Gasteiger partial charge in [0.15, 0.2) is 0 Å². The average molecular weight is 212 g/mol. The van der Waals surface area contributed by atoms with Crippen LogP contribution >= 0.6 is 0 Å². The Bertz CT molecular complexity index is 261. The van der Waals surface area contributed by atoms with E-state index in [2.05, 4.69) is 17.2 Å². The van der Waals surface area contributed by atoms with E-state index in [1.807, 2.05) is 7.05 Å². The van der Waals surface area contributed by atoms with Gasteiger partial charge >= 0.3 is 6.08 Å². The van der Waals surface area contributed by atoms with Crippen molar-refractivity contribution in [3.05, 3.63) is 12.0 Å². The Morgan fingerprint density at radius 2 is 2.27 bits per heavy atom. The molecule has 1 heterocycles. The molecule has 4 heteroatoms. The monoisotopic (exact) mass is 212 g/mol. The lowest BCUT2D eigenvalue weighted by Gasteiger charge is -1.99. The quantitative estimate of drug-likeness (QED) is 0.672. The van der Waals surface area contributed by atoms with Gasteiger partial charge in [0.05, 0.1) is 12.3 Å². The SMILES string of the molecule is CCCCCCOc1nc(CNC)co1. The highest BCUT2D eigenvalue weighted by Crippen LogP contribution is 2.10. The van der Waals surface area contributed by atoms with Gasteiger partial charge in [-0.1, -0.05) is 26.2 Å². The maximum absolute atomic E-state index is 5.37. The molecule has 0 saturated heterocycles. The van der Waals surface area contributed by atoms with Crippen LogP contribution in [-0.2, 0) is 6.54 Å². The minimum absolute atomic E-state index is 0.386. The largest absolute Gasteiger partial charge is 0.450 e. The minimum atomic E-state index is 0.386.